The lowest BCUT2D eigenvalue weighted by Crippen LogP contribution is -2.39. The van der Waals surface area contributed by atoms with Crippen molar-refractivity contribution < 1.29 is 4.74 Å². The number of aryl methyl sites for hydroxylation is 1. The minimum atomic E-state index is 0.464. The van der Waals surface area contributed by atoms with E-state index in [1.807, 2.05) is 43.3 Å². The summed E-state index contributed by atoms with van der Waals surface area (Å²) in [5.74, 6) is 1.75. The highest BCUT2D eigenvalue weighted by molar-refractivity contribution is 5.60. The van der Waals surface area contributed by atoms with Gasteiger partial charge in [-0.25, -0.2) is 15.0 Å². The molecule has 0 unspecified atom stereocenters. The SMILES string of the molecule is Cc1cccc(Nc2ncnc(Nc3ccnc(NCCN4CCOCC4)c3)n2)c1. The summed E-state index contributed by atoms with van der Waals surface area (Å²) in [5, 5.41) is 9.78. The van der Waals surface area contributed by atoms with Crippen molar-refractivity contribution in [1.82, 2.24) is 24.8 Å². The van der Waals surface area contributed by atoms with E-state index in [-0.39, 0.29) is 0 Å². The molecule has 9 nitrogen and oxygen atoms in total. The molecular weight excluding hydrogens is 380 g/mol. The first-order chi connectivity index (χ1) is 14.7. The van der Waals surface area contributed by atoms with Crippen LogP contribution in [-0.2, 0) is 4.74 Å². The monoisotopic (exact) mass is 406 g/mol. The molecule has 0 spiro atoms. The molecule has 0 radical (unpaired) electrons. The number of pyridine rings is 1. The van der Waals surface area contributed by atoms with Gasteiger partial charge in [0, 0.05) is 49.8 Å². The Morgan fingerprint density at radius 2 is 1.73 bits per heavy atom. The van der Waals surface area contributed by atoms with Crippen molar-refractivity contribution in [3.63, 3.8) is 0 Å². The first-order valence-electron chi connectivity index (χ1n) is 10.0. The minimum Gasteiger partial charge on any atom is -0.379 e. The van der Waals surface area contributed by atoms with Crippen LogP contribution in [0.3, 0.4) is 0 Å². The molecule has 9 heteroatoms. The van der Waals surface area contributed by atoms with E-state index in [0.717, 1.165) is 62.1 Å². The van der Waals surface area contributed by atoms with E-state index < -0.39 is 0 Å². The normalized spacial score (nSPS) is 14.3. The van der Waals surface area contributed by atoms with Crippen molar-refractivity contribution in [2.24, 2.45) is 0 Å². The molecule has 1 aromatic carbocycles. The van der Waals surface area contributed by atoms with Gasteiger partial charge in [0.1, 0.15) is 12.1 Å². The molecule has 4 rings (SSSR count). The third kappa shape index (κ3) is 5.85. The molecular formula is C21H26N8O. The second-order valence-electron chi connectivity index (χ2n) is 7.06. The standard InChI is InChI=1S/C21H26N8O/c1-16-3-2-4-17(13-16)26-20-24-15-25-21(28-20)27-18-5-6-22-19(14-18)23-7-8-29-9-11-30-12-10-29/h2-6,13-15H,7-12H2,1H3,(H3,22,23,24,25,26,27,28). The summed E-state index contributed by atoms with van der Waals surface area (Å²) in [5.41, 5.74) is 2.95. The fourth-order valence-corrected chi connectivity index (χ4v) is 3.17. The van der Waals surface area contributed by atoms with Gasteiger partial charge in [-0.2, -0.15) is 4.98 Å². The zero-order valence-corrected chi connectivity index (χ0v) is 17.0. The number of morpholine rings is 1. The van der Waals surface area contributed by atoms with Gasteiger partial charge in [-0.3, -0.25) is 4.90 Å². The minimum absolute atomic E-state index is 0.464. The molecule has 0 saturated carbocycles. The molecule has 0 amide bonds. The lowest BCUT2D eigenvalue weighted by molar-refractivity contribution is 0.0398. The van der Waals surface area contributed by atoms with Crippen molar-refractivity contribution in [3.05, 3.63) is 54.5 Å². The van der Waals surface area contributed by atoms with Crippen LogP contribution in [0.25, 0.3) is 0 Å². The number of nitrogens with one attached hydrogen (secondary N) is 3. The Bertz CT molecular complexity index is 961. The van der Waals surface area contributed by atoms with Crippen molar-refractivity contribution in [2.75, 3.05) is 55.3 Å². The molecule has 1 aliphatic heterocycles. The number of aromatic nitrogens is 4. The Kier molecular flexibility index (Phi) is 6.63. The van der Waals surface area contributed by atoms with E-state index in [0.29, 0.717) is 11.9 Å². The molecule has 156 valence electrons. The summed E-state index contributed by atoms with van der Waals surface area (Å²) in [7, 11) is 0. The molecule has 1 saturated heterocycles. The summed E-state index contributed by atoms with van der Waals surface area (Å²) in [6.45, 7) is 7.41. The van der Waals surface area contributed by atoms with Crippen molar-refractivity contribution in [2.45, 2.75) is 6.92 Å². The molecule has 3 N–H and O–H groups in total. The van der Waals surface area contributed by atoms with Gasteiger partial charge in [0.25, 0.3) is 0 Å². The fourth-order valence-electron chi connectivity index (χ4n) is 3.17. The Labute approximate surface area is 175 Å². The number of rotatable bonds is 8. The first-order valence-corrected chi connectivity index (χ1v) is 10.0. The van der Waals surface area contributed by atoms with Gasteiger partial charge < -0.3 is 20.7 Å². The smallest absolute Gasteiger partial charge is 0.232 e. The van der Waals surface area contributed by atoms with Gasteiger partial charge in [0.15, 0.2) is 0 Å². The highest BCUT2D eigenvalue weighted by Crippen LogP contribution is 2.18. The Hall–Kier alpha value is -3.30. The molecule has 3 aromatic rings. The third-order valence-electron chi connectivity index (χ3n) is 4.70. The van der Waals surface area contributed by atoms with Crippen LogP contribution in [0.1, 0.15) is 5.56 Å². The van der Waals surface area contributed by atoms with Gasteiger partial charge in [-0.15, -0.1) is 0 Å². The fraction of sp³-hybridized carbons (Fsp3) is 0.333. The third-order valence-corrected chi connectivity index (χ3v) is 4.70. The summed E-state index contributed by atoms with van der Waals surface area (Å²) < 4.78 is 5.38. The maximum absolute atomic E-state index is 5.38. The molecule has 0 aliphatic carbocycles. The lowest BCUT2D eigenvalue weighted by Gasteiger charge is -2.26. The molecule has 1 fully saturated rings. The quantitative estimate of drug-likeness (QED) is 0.521. The van der Waals surface area contributed by atoms with Crippen molar-refractivity contribution >= 4 is 29.1 Å². The average molecular weight is 406 g/mol. The highest BCUT2D eigenvalue weighted by Gasteiger charge is 2.09. The Morgan fingerprint density at radius 3 is 2.50 bits per heavy atom. The lowest BCUT2D eigenvalue weighted by atomic mass is 10.2. The largest absolute Gasteiger partial charge is 0.379 e. The van der Waals surface area contributed by atoms with Crippen LogP contribution in [0.15, 0.2) is 48.9 Å². The van der Waals surface area contributed by atoms with E-state index >= 15 is 0 Å². The van der Waals surface area contributed by atoms with E-state index in [2.05, 4.69) is 40.8 Å². The van der Waals surface area contributed by atoms with Gasteiger partial charge in [0.2, 0.25) is 11.9 Å². The zero-order valence-electron chi connectivity index (χ0n) is 17.0. The number of benzene rings is 1. The second kappa shape index (κ2) is 9.95. The molecule has 2 aromatic heterocycles. The van der Waals surface area contributed by atoms with Crippen LogP contribution in [0.5, 0.6) is 0 Å². The maximum Gasteiger partial charge on any atom is 0.232 e. The number of nitrogens with zero attached hydrogens (tertiary/aromatic N) is 5. The van der Waals surface area contributed by atoms with Crippen LogP contribution in [0.4, 0.5) is 29.1 Å². The summed E-state index contributed by atoms with van der Waals surface area (Å²) >= 11 is 0. The van der Waals surface area contributed by atoms with Crippen LogP contribution >= 0.6 is 0 Å². The van der Waals surface area contributed by atoms with Crippen molar-refractivity contribution in [3.8, 4) is 0 Å². The molecule has 0 bridgehead atoms. The zero-order chi connectivity index (χ0) is 20.6. The molecule has 30 heavy (non-hydrogen) atoms. The molecule has 1 aliphatic rings. The Balaban J connectivity index is 1.34. The predicted octanol–water partition coefficient (Wildman–Crippen LogP) is 2.81. The van der Waals surface area contributed by atoms with E-state index in [1.54, 1.807) is 6.20 Å². The van der Waals surface area contributed by atoms with Gasteiger partial charge in [0.05, 0.1) is 13.2 Å². The van der Waals surface area contributed by atoms with Crippen LogP contribution < -0.4 is 16.0 Å². The predicted molar refractivity (Wildman–Crippen MR) is 118 cm³/mol. The van der Waals surface area contributed by atoms with Gasteiger partial charge in [-0.05, 0) is 30.7 Å². The van der Waals surface area contributed by atoms with E-state index in [1.165, 1.54) is 6.33 Å². The van der Waals surface area contributed by atoms with E-state index in [4.69, 9.17) is 4.74 Å². The van der Waals surface area contributed by atoms with E-state index in [9.17, 15) is 0 Å². The number of hydrogen-bond donors (Lipinski definition) is 3. The number of hydrogen-bond acceptors (Lipinski definition) is 9. The van der Waals surface area contributed by atoms with Gasteiger partial charge >= 0.3 is 0 Å². The summed E-state index contributed by atoms with van der Waals surface area (Å²) in [4.78, 5) is 19.6. The maximum atomic E-state index is 5.38. The van der Waals surface area contributed by atoms with Crippen LogP contribution in [-0.4, -0.2) is 64.2 Å². The Morgan fingerprint density at radius 1 is 0.967 bits per heavy atom. The number of anilines is 5. The van der Waals surface area contributed by atoms with Crippen LogP contribution in [0.2, 0.25) is 0 Å². The van der Waals surface area contributed by atoms with Gasteiger partial charge in [-0.1, -0.05) is 12.1 Å². The summed E-state index contributed by atoms with van der Waals surface area (Å²) in [6.07, 6.45) is 3.24. The topological polar surface area (TPSA) is 100 Å². The summed E-state index contributed by atoms with van der Waals surface area (Å²) in [6, 6.07) is 11.9. The first kappa shape index (κ1) is 20.0. The van der Waals surface area contributed by atoms with Crippen LogP contribution in [0, 0.1) is 6.92 Å². The average Bonchev–Trinajstić information content (AvgIpc) is 2.75. The molecule has 3 heterocycles. The molecule has 0 atom stereocenters. The second-order valence-corrected chi connectivity index (χ2v) is 7.06. The van der Waals surface area contributed by atoms with Crippen molar-refractivity contribution in [1.29, 1.82) is 0 Å². The number of ether oxygens (including phenoxy) is 1. The highest BCUT2D eigenvalue weighted by atomic mass is 16.5.